The van der Waals surface area contributed by atoms with E-state index in [9.17, 15) is 17.6 Å². The smallest absolute Gasteiger partial charge is 0.126 e. The minimum atomic E-state index is -0.663. The molecule has 0 aliphatic rings. The standard InChI is InChI=1S/C46H29F4N/c47-39-19-35(20-40(48)26-39)31-13-7-15-33(17-31)46(34-16-8-14-32(18-34)36-21-41(49)27-42(50)22-36)38-24-44-43(30-11-5-2-6-12-30)23-37(25-45(44)51-28-38)29-9-3-1-4-10-29/h1-28,46H. The molecule has 0 aliphatic carbocycles. The van der Waals surface area contributed by atoms with Gasteiger partial charge in [0.05, 0.1) is 5.52 Å². The topological polar surface area (TPSA) is 12.9 Å². The summed E-state index contributed by atoms with van der Waals surface area (Å²) in [5.74, 6) is -3.06. The molecule has 5 heteroatoms. The highest BCUT2D eigenvalue weighted by molar-refractivity contribution is 5.98. The lowest BCUT2D eigenvalue weighted by molar-refractivity contribution is 0.583. The number of hydrogen-bond donors (Lipinski definition) is 0. The molecule has 0 aliphatic heterocycles. The van der Waals surface area contributed by atoms with Gasteiger partial charge in [-0.1, -0.05) is 109 Å². The van der Waals surface area contributed by atoms with Crippen LogP contribution in [0.1, 0.15) is 22.6 Å². The van der Waals surface area contributed by atoms with Crippen LogP contribution in [0.3, 0.4) is 0 Å². The first kappa shape index (κ1) is 31.9. The highest BCUT2D eigenvalue weighted by Crippen LogP contribution is 2.40. The van der Waals surface area contributed by atoms with Crippen molar-refractivity contribution in [1.29, 1.82) is 0 Å². The van der Waals surface area contributed by atoms with Crippen LogP contribution < -0.4 is 0 Å². The van der Waals surface area contributed by atoms with Gasteiger partial charge >= 0.3 is 0 Å². The maximum absolute atomic E-state index is 14.3. The number of rotatable bonds is 7. The molecule has 0 bridgehead atoms. The van der Waals surface area contributed by atoms with Crippen molar-refractivity contribution >= 4 is 10.9 Å². The molecule has 0 atom stereocenters. The summed E-state index contributed by atoms with van der Waals surface area (Å²) in [6.07, 6.45) is 1.86. The van der Waals surface area contributed by atoms with E-state index in [-0.39, 0.29) is 0 Å². The molecule has 51 heavy (non-hydrogen) atoms. The second-order valence-corrected chi connectivity index (χ2v) is 12.6. The van der Waals surface area contributed by atoms with E-state index >= 15 is 0 Å². The maximum atomic E-state index is 14.3. The SMILES string of the molecule is Fc1cc(F)cc(-c2cccc(C(c3cccc(-c4cc(F)cc(F)c4)c3)c3cnc4cc(-c5ccccc5)cc(-c5ccccc5)c4c3)c2)c1. The van der Waals surface area contributed by atoms with Crippen LogP contribution in [0.4, 0.5) is 17.6 Å². The minimum Gasteiger partial charge on any atom is -0.256 e. The van der Waals surface area contributed by atoms with E-state index in [2.05, 4.69) is 42.5 Å². The van der Waals surface area contributed by atoms with Crippen LogP contribution in [0.5, 0.6) is 0 Å². The van der Waals surface area contributed by atoms with Gasteiger partial charge in [-0.3, -0.25) is 4.98 Å². The van der Waals surface area contributed by atoms with Crippen LogP contribution in [0, 0.1) is 23.3 Å². The monoisotopic (exact) mass is 671 g/mol. The molecule has 0 fully saturated rings. The van der Waals surface area contributed by atoms with E-state index < -0.39 is 29.2 Å². The molecule has 1 nitrogen and oxygen atoms in total. The van der Waals surface area contributed by atoms with Gasteiger partial charge in [0, 0.05) is 29.6 Å². The maximum Gasteiger partial charge on any atom is 0.126 e. The third-order valence-electron chi connectivity index (χ3n) is 9.18. The number of aromatic nitrogens is 1. The van der Waals surface area contributed by atoms with E-state index in [0.717, 1.165) is 62.0 Å². The van der Waals surface area contributed by atoms with Gasteiger partial charge in [-0.25, -0.2) is 17.6 Å². The molecule has 8 aromatic rings. The molecule has 0 amide bonds. The van der Waals surface area contributed by atoms with Crippen LogP contribution in [-0.2, 0) is 0 Å². The molecule has 246 valence electrons. The number of hydrogen-bond acceptors (Lipinski definition) is 1. The lowest BCUT2D eigenvalue weighted by Gasteiger charge is -2.22. The van der Waals surface area contributed by atoms with Crippen molar-refractivity contribution in [2.45, 2.75) is 5.92 Å². The van der Waals surface area contributed by atoms with Gasteiger partial charge in [-0.05, 0) is 104 Å². The Morgan fingerprint density at radius 2 is 0.824 bits per heavy atom. The Kier molecular flexibility index (Phi) is 8.46. The summed E-state index contributed by atoms with van der Waals surface area (Å²) < 4.78 is 57.3. The molecule has 1 aromatic heterocycles. The fraction of sp³-hybridized carbons (Fsp3) is 0.0217. The average molecular weight is 672 g/mol. The van der Waals surface area contributed by atoms with E-state index in [1.165, 1.54) is 24.3 Å². The van der Waals surface area contributed by atoms with Crippen LogP contribution in [0.25, 0.3) is 55.4 Å². The van der Waals surface area contributed by atoms with Gasteiger partial charge in [-0.15, -0.1) is 0 Å². The second-order valence-electron chi connectivity index (χ2n) is 12.6. The highest BCUT2D eigenvalue weighted by atomic mass is 19.1. The first-order valence-corrected chi connectivity index (χ1v) is 16.6. The van der Waals surface area contributed by atoms with E-state index in [1.54, 1.807) is 0 Å². The van der Waals surface area contributed by atoms with Gasteiger partial charge in [-0.2, -0.15) is 0 Å². The summed E-state index contributed by atoms with van der Waals surface area (Å²) in [6, 6.07) is 48.9. The largest absolute Gasteiger partial charge is 0.256 e. The van der Waals surface area contributed by atoms with Crippen molar-refractivity contribution in [2.24, 2.45) is 0 Å². The Bertz CT molecular complexity index is 2390. The zero-order chi connectivity index (χ0) is 34.9. The summed E-state index contributed by atoms with van der Waals surface area (Å²) in [5.41, 5.74) is 9.70. The number of fused-ring (bicyclic) bond motifs is 1. The Morgan fingerprint density at radius 3 is 1.35 bits per heavy atom. The zero-order valence-electron chi connectivity index (χ0n) is 27.2. The number of nitrogens with zero attached hydrogens (tertiary/aromatic N) is 1. The minimum absolute atomic E-state index is 0.406. The highest BCUT2D eigenvalue weighted by Gasteiger charge is 2.21. The normalized spacial score (nSPS) is 11.3. The third kappa shape index (κ3) is 6.66. The Morgan fingerprint density at radius 1 is 0.353 bits per heavy atom. The van der Waals surface area contributed by atoms with Crippen molar-refractivity contribution in [1.82, 2.24) is 4.98 Å². The molecule has 0 spiro atoms. The van der Waals surface area contributed by atoms with E-state index in [0.29, 0.717) is 22.3 Å². The van der Waals surface area contributed by atoms with Crippen molar-refractivity contribution < 1.29 is 17.6 Å². The summed E-state index contributed by atoms with van der Waals surface area (Å²) in [4.78, 5) is 5.03. The summed E-state index contributed by atoms with van der Waals surface area (Å²) >= 11 is 0. The van der Waals surface area contributed by atoms with Crippen molar-refractivity contribution in [3.63, 3.8) is 0 Å². The van der Waals surface area contributed by atoms with Gasteiger partial charge in [0.25, 0.3) is 0 Å². The fourth-order valence-electron chi connectivity index (χ4n) is 6.87. The lowest BCUT2D eigenvalue weighted by Crippen LogP contribution is -2.05. The molecule has 7 aromatic carbocycles. The van der Waals surface area contributed by atoms with Crippen LogP contribution >= 0.6 is 0 Å². The van der Waals surface area contributed by atoms with E-state index in [1.807, 2.05) is 91.1 Å². The predicted molar refractivity (Wildman–Crippen MR) is 197 cm³/mol. The molecular formula is C46H29F4N. The van der Waals surface area contributed by atoms with Crippen molar-refractivity contribution in [3.05, 3.63) is 210 Å². The molecule has 0 N–H and O–H groups in total. The molecule has 0 unspecified atom stereocenters. The molecular weight excluding hydrogens is 643 g/mol. The molecule has 0 saturated heterocycles. The van der Waals surface area contributed by atoms with Gasteiger partial charge < -0.3 is 0 Å². The first-order valence-electron chi connectivity index (χ1n) is 16.6. The zero-order valence-corrected chi connectivity index (χ0v) is 27.2. The average Bonchev–Trinajstić information content (AvgIpc) is 3.15. The summed E-state index contributed by atoms with van der Waals surface area (Å²) in [5, 5.41) is 0.954. The van der Waals surface area contributed by atoms with Crippen LogP contribution in [0.15, 0.2) is 170 Å². The first-order chi connectivity index (χ1) is 24.9. The van der Waals surface area contributed by atoms with Crippen molar-refractivity contribution in [2.75, 3.05) is 0 Å². The summed E-state index contributed by atoms with van der Waals surface area (Å²) in [7, 11) is 0. The lowest BCUT2D eigenvalue weighted by atomic mass is 9.82. The Labute approximate surface area is 293 Å². The van der Waals surface area contributed by atoms with Gasteiger partial charge in [0.1, 0.15) is 23.3 Å². The quantitative estimate of drug-likeness (QED) is 0.154. The molecule has 0 radical (unpaired) electrons. The predicted octanol–water partition coefficient (Wildman–Crippen LogP) is 12.6. The third-order valence-corrected chi connectivity index (χ3v) is 9.18. The molecule has 1 heterocycles. The Hall–Kier alpha value is -6.33. The van der Waals surface area contributed by atoms with Crippen molar-refractivity contribution in [3.8, 4) is 44.5 Å². The van der Waals surface area contributed by atoms with Crippen LogP contribution in [-0.4, -0.2) is 4.98 Å². The fourth-order valence-corrected chi connectivity index (χ4v) is 6.87. The molecule has 8 rings (SSSR count). The number of benzene rings is 7. The Balaban J connectivity index is 1.34. The second kappa shape index (κ2) is 13.5. The molecule has 0 saturated carbocycles. The van der Waals surface area contributed by atoms with E-state index in [4.69, 9.17) is 4.98 Å². The van der Waals surface area contributed by atoms with Gasteiger partial charge in [0.2, 0.25) is 0 Å². The summed E-state index contributed by atoms with van der Waals surface area (Å²) in [6.45, 7) is 0. The number of pyridine rings is 1. The van der Waals surface area contributed by atoms with Crippen LogP contribution in [0.2, 0.25) is 0 Å². The van der Waals surface area contributed by atoms with Gasteiger partial charge in [0.15, 0.2) is 0 Å². The number of halogens is 4.